The van der Waals surface area contributed by atoms with Gasteiger partial charge in [0.25, 0.3) is 11.6 Å². The van der Waals surface area contributed by atoms with E-state index >= 15 is 0 Å². The quantitative estimate of drug-likeness (QED) is 0.400. The van der Waals surface area contributed by atoms with Crippen LogP contribution in [-0.4, -0.2) is 34.3 Å². The summed E-state index contributed by atoms with van der Waals surface area (Å²) >= 11 is 1.28. The van der Waals surface area contributed by atoms with Gasteiger partial charge in [-0.05, 0) is 43.2 Å². The van der Waals surface area contributed by atoms with Gasteiger partial charge in [-0.15, -0.1) is 0 Å². The summed E-state index contributed by atoms with van der Waals surface area (Å²) in [7, 11) is 0. The number of ketones is 1. The van der Waals surface area contributed by atoms with Crippen LogP contribution in [0.3, 0.4) is 0 Å². The van der Waals surface area contributed by atoms with Gasteiger partial charge in [0.2, 0.25) is 0 Å². The van der Waals surface area contributed by atoms with Gasteiger partial charge in [-0.2, -0.15) is 0 Å². The van der Waals surface area contributed by atoms with Crippen LogP contribution in [0, 0.1) is 10.1 Å². The van der Waals surface area contributed by atoms with Crippen molar-refractivity contribution in [2.75, 3.05) is 11.9 Å². The Morgan fingerprint density at radius 2 is 1.93 bits per heavy atom. The predicted octanol–water partition coefficient (Wildman–Crippen LogP) is 3.55. The Kier molecular flexibility index (Phi) is 4.84. The van der Waals surface area contributed by atoms with Crippen LogP contribution in [-0.2, 0) is 9.53 Å². The number of ether oxygens (including phenoxy) is 1. The first kappa shape index (κ1) is 18.2. The van der Waals surface area contributed by atoms with E-state index < -0.39 is 11.0 Å². The number of thiazole rings is 1. The number of non-ortho nitro benzene ring substituents is 1. The average Bonchev–Trinajstić information content (AvgIpc) is 3.36. The van der Waals surface area contributed by atoms with Crippen molar-refractivity contribution in [3.05, 3.63) is 63.7 Å². The number of hydrogen-bond acceptors (Lipinski definition) is 7. The zero-order valence-electron chi connectivity index (χ0n) is 14.6. The van der Waals surface area contributed by atoms with Gasteiger partial charge in [-0.1, -0.05) is 11.3 Å². The predicted molar refractivity (Wildman–Crippen MR) is 104 cm³/mol. The Balaban J connectivity index is 1.54. The molecule has 142 valence electrons. The Morgan fingerprint density at radius 3 is 2.61 bits per heavy atom. The third-order valence-electron chi connectivity index (χ3n) is 4.44. The molecule has 28 heavy (non-hydrogen) atoms. The second-order valence-electron chi connectivity index (χ2n) is 6.33. The van der Waals surface area contributed by atoms with Crippen molar-refractivity contribution in [1.29, 1.82) is 0 Å². The molecule has 4 rings (SSSR count). The molecule has 3 aromatic rings. The zero-order chi connectivity index (χ0) is 19.7. The molecule has 0 bridgehead atoms. The van der Waals surface area contributed by atoms with E-state index in [1.165, 1.54) is 35.6 Å². The normalized spacial score (nSPS) is 16.2. The number of carbonyl (C=O) groups is 2. The highest BCUT2D eigenvalue weighted by Crippen LogP contribution is 2.28. The summed E-state index contributed by atoms with van der Waals surface area (Å²) in [6.45, 7) is 0.589. The summed E-state index contributed by atoms with van der Waals surface area (Å²) < 4.78 is 6.12. The number of nitrogens with one attached hydrogen (secondary N) is 1. The fourth-order valence-corrected chi connectivity index (χ4v) is 3.90. The third-order valence-corrected chi connectivity index (χ3v) is 5.38. The van der Waals surface area contributed by atoms with Crippen LogP contribution in [0.15, 0.2) is 42.5 Å². The van der Waals surface area contributed by atoms with Gasteiger partial charge < -0.3 is 4.74 Å². The first-order chi connectivity index (χ1) is 13.5. The molecule has 1 N–H and O–H groups in total. The van der Waals surface area contributed by atoms with Gasteiger partial charge in [-0.25, -0.2) is 4.98 Å². The molecule has 1 aromatic heterocycles. The maximum atomic E-state index is 12.7. The molecule has 1 unspecified atom stereocenters. The smallest absolute Gasteiger partial charge is 0.269 e. The van der Waals surface area contributed by atoms with Crippen LogP contribution in [0.25, 0.3) is 10.2 Å². The number of fused-ring (bicyclic) bond motifs is 1. The molecule has 1 aliphatic heterocycles. The number of nitrogens with zero attached hydrogens (tertiary/aromatic N) is 2. The molecule has 2 aromatic carbocycles. The molecule has 2 heterocycles. The summed E-state index contributed by atoms with van der Waals surface area (Å²) in [5.74, 6) is -0.450. The number of carbonyl (C=O) groups excluding carboxylic acids is 2. The average molecular weight is 397 g/mol. The summed E-state index contributed by atoms with van der Waals surface area (Å²) in [5, 5.41) is 14.0. The van der Waals surface area contributed by atoms with Crippen LogP contribution < -0.4 is 5.32 Å². The maximum absolute atomic E-state index is 12.7. The van der Waals surface area contributed by atoms with Gasteiger partial charge in [0, 0.05) is 29.9 Å². The molecule has 0 saturated carbocycles. The molecule has 1 amide bonds. The lowest BCUT2D eigenvalue weighted by Crippen LogP contribution is -2.26. The SMILES string of the molecule is O=C(c1ccc([N+](=O)[O-])cc1)c1ccc2nc(NC(=O)C3CCCO3)sc2c1. The topological polar surface area (TPSA) is 111 Å². The molecule has 8 nitrogen and oxygen atoms in total. The summed E-state index contributed by atoms with van der Waals surface area (Å²) in [6, 6.07) is 10.5. The van der Waals surface area contributed by atoms with Crippen molar-refractivity contribution < 1.29 is 19.2 Å². The van der Waals surface area contributed by atoms with E-state index in [1.807, 2.05) is 0 Å². The van der Waals surface area contributed by atoms with E-state index in [2.05, 4.69) is 10.3 Å². The highest BCUT2D eigenvalue weighted by molar-refractivity contribution is 7.22. The van der Waals surface area contributed by atoms with E-state index in [-0.39, 0.29) is 17.4 Å². The van der Waals surface area contributed by atoms with Crippen molar-refractivity contribution in [3.8, 4) is 0 Å². The van der Waals surface area contributed by atoms with E-state index in [9.17, 15) is 19.7 Å². The van der Waals surface area contributed by atoms with Crippen molar-refractivity contribution >= 4 is 44.1 Å². The van der Waals surface area contributed by atoms with E-state index in [0.717, 1.165) is 11.1 Å². The fourth-order valence-electron chi connectivity index (χ4n) is 2.99. The Hall–Kier alpha value is -3.17. The molecular weight excluding hydrogens is 382 g/mol. The molecule has 0 radical (unpaired) electrons. The Morgan fingerprint density at radius 1 is 1.18 bits per heavy atom. The van der Waals surface area contributed by atoms with Gasteiger partial charge in [0.1, 0.15) is 6.10 Å². The molecule has 9 heteroatoms. The number of rotatable bonds is 5. The van der Waals surface area contributed by atoms with Crippen LogP contribution in [0.1, 0.15) is 28.8 Å². The number of hydrogen-bond donors (Lipinski definition) is 1. The Bertz CT molecular complexity index is 1070. The number of anilines is 1. The second kappa shape index (κ2) is 7.45. The van der Waals surface area contributed by atoms with Gasteiger partial charge in [0.05, 0.1) is 15.1 Å². The number of nitro benzene ring substituents is 1. The van der Waals surface area contributed by atoms with Crippen molar-refractivity contribution in [2.24, 2.45) is 0 Å². The molecular formula is C19H15N3O5S. The van der Waals surface area contributed by atoms with Gasteiger partial charge >= 0.3 is 0 Å². The molecule has 1 fully saturated rings. The minimum absolute atomic E-state index is 0.0684. The van der Waals surface area contributed by atoms with Gasteiger partial charge in [0.15, 0.2) is 10.9 Å². The number of benzene rings is 2. The van der Waals surface area contributed by atoms with Crippen molar-refractivity contribution in [2.45, 2.75) is 18.9 Å². The monoisotopic (exact) mass is 397 g/mol. The summed E-state index contributed by atoms with van der Waals surface area (Å²) in [5.41, 5.74) is 1.41. The first-order valence-corrected chi connectivity index (χ1v) is 9.45. The molecule has 1 saturated heterocycles. The maximum Gasteiger partial charge on any atom is 0.269 e. The zero-order valence-corrected chi connectivity index (χ0v) is 15.4. The van der Waals surface area contributed by atoms with Crippen molar-refractivity contribution in [1.82, 2.24) is 4.98 Å². The first-order valence-electron chi connectivity index (χ1n) is 8.63. The fraction of sp³-hybridized carbons (Fsp3) is 0.211. The van der Waals surface area contributed by atoms with E-state index in [0.29, 0.717) is 34.8 Å². The lowest BCUT2D eigenvalue weighted by Gasteiger charge is -2.07. The minimum atomic E-state index is -0.510. The Labute approximate surface area is 163 Å². The summed E-state index contributed by atoms with van der Waals surface area (Å²) in [6.07, 6.45) is 1.13. The van der Waals surface area contributed by atoms with Crippen LogP contribution in [0.4, 0.5) is 10.8 Å². The van der Waals surface area contributed by atoms with Crippen LogP contribution >= 0.6 is 11.3 Å². The third kappa shape index (κ3) is 3.62. The molecule has 0 aliphatic carbocycles. The van der Waals surface area contributed by atoms with Gasteiger partial charge in [-0.3, -0.25) is 25.0 Å². The molecule has 0 spiro atoms. The minimum Gasteiger partial charge on any atom is -0.368 e. The lowest BCUT2D eigenvalue weighted by atomic mass is 10.0. The molecule has 1 atom stereocenters. The standard InChI is InChI=1S/C19H15N3O5S/c23-17(11-3-6-13(7-4-11)22(25)26)12-5-8-14-16(10-12)28-19(20-14)21-18(24)15-2-1-9-27-15/h3-8,10,15H,1-2,9H2,(H,20,21,24). The highest BCUT2D eigenvalue weighted by atomic mass is 32.1. The van der Waals surface area contributed by atoms with Crippen LogP contribution in [0.5, 0.6) is 0 Å². The number of nitro groups is 1. The second-order valence-corrected chi connectivity index (χ2v) is 7.36. The number of amides is 1. The summed E-state index contributed by atoms with van der Waals surface area (Å²) in [4.78, 5) is 39.4. The molecule has 1 aliphatic rings. The van der Waals surface area contributed by atoms with Crippen molar-refractivity contribution in [3.63, 3.8) is 0 Å². The highest BCUT2D eigenvalue weighted by Gasteiger charge is 2.24. The van der Waals surface area contributed by atoms with E-state index in [4.69, 9.17) is 4.74 Å². The number of aromatic nitrogens is 1. The van der Waals surface area contributed by atoms with E-state index in [1.54, 1.807) is 18.2 Å². The largest absolute Gasteiger partial charge is 0.368 e. The lowest BCUT2D eigenvalue weighted by molar-refractivity contribution is -0.384. The van der Waals surface area contributed by atoms with Crippen LogP contribution in [0.2, 0.25) is 0 Å².